The molecule has 4 heteroatoms. The van der Waals surface area contributed by atoms with Crippen LogP contribution in [-0.4, -0.2) is 22.2 Å². The lowest BCUT2D eigenvalue weighted by atomic mass is 10.2. The zero-order valence-electron chi connectivity index (χ0n) is 10.2. The van der Waals surface area contributed by atoms with E-state index in [0.717, 1.165) is 0 Å². The third-order valence-corrected chi connectivity index (χ3v) is 2.07. The Balaban J connectivity index is 0.000000327. The van der Waals surface area contributed by atoms with E-state index in [1.165, 1.54) is 5.56 Å². The molecule has 0 aliphatic carbocycles. The molecule has 98 valence electrons. The summed E-state index contributed by atoms with van der Waals surface area (Å²) < 4.78 is 0. The fourth-order valence-corrected chi connectivity index (χ4v) is 1.14. The fourth-order valence-electron chi connectivity index (χ4n) is 1.14. The van der Waals surface area contributed by atoms with Gasteiger partial charge in [-0.05, 0) is 18.4 Å². The average molecular weight is 250 g/mol. The number of benzene rings is 1. The molecule has 2 N–H and O–H groups in total. The maximum atomic E-state index is 9.90. The van der Waals surface area contributed by atoms with E-state index < -0.39 is 11.9 Å². The molecule has 0 aliphatic heterocycles. The Hall–Kier alpha value is -2.10. The van der Waals surface area contributed by atoms with Gasteiger partial charge in [-0.25, -0.2) is 0 Å². The lowest BCUT2D eigenvalue weighted by Gasteiger charge is -1.92. The van der Waals surface area contributed by atoms with E-state index in [4.69, 9.17) is 10.2 Å². The predicted molar refractivity (Wildman–Crippen MR) is 70.3 cm³/mol. The summed E-state index contributed by atoms with van der Waals surface area (Å²) in [5, 5.41) is 16.3. The van der Waals surface area contributed by atoms with Crippen LogP contribution >= 0.6 is 0 Å². The molecule has 0 radical (unpaired) electrons. The molecule has 1 aromatic carbocycles. The Kier molecular flexibility index (Phi) is 8.90. The summed E-state index contributed by atoms with van der Waals surface area (Å²) in [6.45, 7) is 3.63. The van der Waals surface area contributed by atoms with Crippen LogP contribution < -0.4 is 0 Å². The summed E-state index contributed by atoms with van der Waals surface area (Å²) in [7, 11) is 0. The first-order chi connectivity index (χ1) is 8.56. The standard InChI is InChI=1S/C8H8.C6H10O4/c1-2-8-6-4-3-5-7-8;7-5(8)3-1-2-4-6(9)10/h2-7H,1H2;1-4H2,(H,7,8)(H,9,10). The molecule has 0 atom stereocenters. The second-order valence-corrected chi connectivity index (χ2v) is 3.61. The first kappa shape index (κ1) is 15.9. The Labute approximate surface area is 107 Å². The van der Waals surface area contributed by atoms with Crippen molar-refractivity contribution in [2.75, 3.05) is 0 Å². The maximum absolute atomic E-state index is 9.90. The van der Waals surface area contributed by atoms with Crippen LogP contribution in [0.4, 0.5) is 0 Å². The summed E-state index contributed by atoms with van der Waals surface area (Å²) >= 11 is 0. The second kappa shape index (κ2) is 10.1. The van der Waals surface area contributed by atoms with Crippen molar-refractivity contribution >= 4 is 18.0 Å². The summed E-state index contributed by atoms with van der Waals surface area (Å²) in [4.78, 5) is 19.8. The van der Waals surface area contributed by atoms with Gasteiger partial charge in [0, 0.05) is 12.8 Å². The largest absolute Gasteiger partial charge is 0.481 e. The van der Waals surface area contributed by atoms with Crippen molar-refractivity contribution in [2.24, 2.45) is 0 Å². The first-order valence-electron chi connectivity index (χ1n) is 5.67. The van der Waals surface area contributed by atoms with E-state index in [1.807, 2.05) is 36.4 Å². The first-order valence-corrected chi connectivity index (χ1v) is 5.67. The molecule has 0 amide bonds. The SMILES string of the molecule is C=Cc1ccccc1.O=C(O)CCCCC(=O)O. The van der Waals surface area contributed by atoms with E-state index in [-0.39, 0.29) is 12.8 Å². The van der Waals surface area contributed by atoms with Crippen LogP contribution in [0.1, 0.15) is 31.2 Å². The van der Waals surface area contributed by atoms with Crippen LogP contribution in [0, 0.1) is 0 Å². The van der Waals surface area contributed by atoms with Crippen molar-refractivity contribution in [1.29, 1.82) is 0 Å². The molecule has 0 aromatic heterocycles. The topological polar surface area (TPSA) is 74.6 Å². The Morgan fingerprint density at radius 3 is 1.72 bits per heavy atom. The average Bonchev–Trinajstić information content (AvgIpc) is 2.36. The number of carbonyl (C=O) groups is 2. The highest BCUT2D eigenvalue weighted by Crippen LogP contribution is 1.99. The van der Waals surface area contributed by atoms with E-state index in [1.54, 1.807) is 0 Å². The van der Waals surface area contributed by atoms with Crippen molar-refractivity contribution in [3.63, 3.8) is 0 Å². The van der Waals surface area contributed by atoms with Crippen LogP contribution in [0.5, 0.6) is 0 Å². The van der Waals surface area contributed by atoms with Crippen molar-refractivity contribution in [1.82, 2.24) is 0 Å². The highest BCUT2D eigenvalue weighted by Gasteiger charge is 1.99. The number of unbranched alkanes of at least 4 members (excludes halogenated alkanes) is 1. The molecular formula is C14H18O4. The molecule has 1 aromatic rings. The highest BCUT2D eigenvalue weighted by molar-refractivity contribution is 5.67. The minimum atomic E-state index is -0.870. The number of hydrogen-bond acceptors (Lipinski definition) is 2. The molecule has 0 aliphatic rings. The number of carboxylic acids is 2. The van der Waals surface area contributed by atoms with E-state index in [0.29, 0.717) is 12.8 Å². The Bertz CT molecular complexity index is 355. The molecule has 0 unspecified atom stereocenters. The molecule has 0 saturated heterocycles. The van der Waals surface area contributed by atoms with Crippen molar-refractivity contribution in [2.45, 2.75) is 25.7 Å². The number of hydrogen-bond donors (Lipinski definition) is 2. The number of rotatable bonds is 6. The Morgan fingerprint density at radius 1 is 1.00 bits per heavy atom. The minimum absolute atomic E-state index is 0.0628. The van der Waals surface area contributed by atoms with Gasteiger partial charge in [-0.15, -0.1) is 0 Å². The van der Waals surface area contributed by atoms with Crippen LogP contribution in [0.3, 0.4) is 0 Å². The molecule has 18 heavy (non-hydrogen) atoms. The summed E-state index contributed by atoms with van der Waals surface area (Å²) in [5.41, 5.74) is 1.17. The fraction of sp³-hybridized carbons (Fsp3) is 0.286. The van der Waals surface area contributed by atoms with Crippen LogP contribution in [0.15, 0.2) is 36.9 Å². The van der Waals surface area contributed by atoms with Crippen LogP contribution in [0.2, 0.25) is 0 Å². The highest BCUT2D eigenvalue weighted by atomic mass is 16.4. The van der Waals surface area contributed by atoms with E-state index >= 15 is 0 Å². The number of carboxylic acid groups (broad SMARTS) is 2. The monoisotopic (exact) mass is 250 g/mol. The minimum Gasteiger partial charge on any atom is -0.481 e. The van der Waals surface area contributed by atoms with Gasteiger partial charge in [-0.3, -0.25) is 9.59 Å². The van der Waals surface area contributed by atoms with Crippen molar-refractivity contribution in [3.05, 3.63) is 42.5 Å². The summed E-state index contributed by atoms with van der Waals surface area (Å²) in [6.07, 6.45) is 2.85. The van der Waals surface area contributed by atoms with Crippen molar-refractivity contribution < 1.29 is 19.8 Å². The molecular weight excluding hydrogens is 232 g/mol. The van der Waals surface area contributed by atoms with Gasteiger partial charge in [0.25, 0.3) is 0 Å². The zero-order chi connectivity index (χ0) is 13.8. The summed E-state index contributed by atoms with van der Waals surface area (Å²) in [5.74, 6) is -1.74. The molecule has 4 nitrogen and oxygen atoms in total. The molecule has 0 heterocycles. The Morgan fingerprint density at radius 2 is 1.44 bits per heavy atom. The summed E-state index contributed by atoms with van der Waals surface area (Å²) in [6, 6.07) is 10.0. The van der Waals surface area contributed by atoms with Gasteiger partial charge in [0.1, 0.15) is 0 Å². The van der Waals surface area contributed by atoms with Gasteiger partial charge in [0.05, 0.1) is 0 Å². The molecule has 0 spiro atoms. The molecule has 0 bridgehead atoms. The third-order valence-electron chi connectivity index (χ3n) is 2.07. The van der Waals surface area contributed by atoms with Crippen LogP contribution in [0.25, 0.3) is 6.08 Å². The predicted octanol–water partition coefficient (Wildman–Crippen LogP) is 3.05. The van der Waals surface area contributed by atoms with Gasteiger partial charge in [-0.2, -0.15) is 0 Å². The van der Waals surface area contributed by atoms with Gasteiger partial charge in [0.15, 0.2) is 0 Å². The van der Waals surface area contributed by atoms with Gasteiger partial charge in [0.2, 0.25) is 0 Å². The smallest absolute Gasteiger partial charge is 0.303 e. The van der Waals surface area contributed by atoms with Gasteiger partial charge in [-0.1, -0.05) is 43.0 Å². The zero-order valence-corrected chi connectivity index (χ0v) is 10.2. The second-order valence-electron chi connectivity index (χ2n) is 3.61. The number of aliphatic carboxylic acids is 2. The quantitative estimate of drug-likeness (QED) is 0.761. The lowest BCUT2D eigenvalue weighted by molar-refractivity contribution is -0.139. The van der Waals surface area contributed by atoms with E-state index in [2.05, 4.69) is 6.58 Å². The molecule has 0 saturated carbocycles. The van der Waals surface area contributed by atoms with Gasteiger partial charge >= 0.3 is 11.9 Å². The molecule has 0 fully saturated rings. The van der Waals surface area contributed by atoms with Gasteiger partial charge < -0.3 is 10.2 Å². The van der Waals surface area contributed by atoms with Crippen LogP contribution in [-0.2, 0) is 9.59 Å². The lowest BCUT2D eigenvalue weighted by Crippen LogP contribution is -1.97. The maximum Gasteiger partial charge on any atom is 0.303 e. The normalized spacial score (nSPS) is 8.89. The van der Waals surface area contributed by atoms with E-state index in [9.17, 15) is 9.59 Å². The third kappa shape index (κ3) is 10.4. The van der Waals surface area contributed by atoms with Crippen molar-refractivity contribution in [3.8, 4) is 0 Å². The molecule has 1 rings (SSSR count).